The summed E-state index contributed by atoms with van der Waals surface area (Å²) in [6.07, 6.45) is 0. The van der Waals surface area contributed by atoms with E-state index in [2.05, 4.69) is 181 Å². The van der Waals surface area contributed by atoms with Gasteiger partial charge >= 0.3 is 0 Å². The largest absolute Gasteiger partial charge is 0.309 e. The number of benzene rings is 8. The van der Waals surface area contributed by atoms with E-state index in [4.69, 9.17) is 0 Å². The molecule has 10 rings (SSSR count). The first kappa shape index (κ1) is 25.4. The number of hydrogen-bond acceptors (Lipinski definition) is 1. The monoisotopic (exact) mass is 583 g/mol. The van der Waals surface area contributed by atoms with Crippen LogP contribution in [0.3, 0.4) is 0 Å². The molecule has 1 heteroatoms. The zero-order valence-corrected chi connectivity index (χ0v) is 25.2. The summed E-state index contributed by atoms with van der Waals surface area (Å²) in [6.45, 7) is 0. The Morgan fingerprint density at radius 1 is 0.348 bits per heavy atom. The van der Waals surface area contributed by atoms with E-state index < -0.39 is 5.41 Å². The van der Waals surface area contributed by atoms with Crippen molar-refractivity contribution in [2.75, 3.05) is 4.90 Å². The Morgan fingerprint density at radius 3 is 1.57 bits per heavy atom. The second kappa shape index (κ2) is 9.54. The van der Waals surface area contributed by atoms with Crippen LogP contribution < -0.4 is 4.90 Å². The second-order valence-corrected chi connectivity index (χ2v) is 12.5. The molecule has 0 heterocycles. The van der Waals surface area contributed by atoms with Gasteiger partial charge < -0.3 is 4.90 Å². The third-order valence-corrected chi connectivity index (χ3v) is 10.2. The molecule has 0 aromatic heterocycles. The maximum atomic E-state index is 2.52. The van der Waals surface area contributed by atoms with Crippen molar-refractivity contribution in [3.05, 3.63) is 198 Å². The fourth-order valence-electron chi connectivity index (χ4n) is 8.45. The van der Waals surface area contributed by atoms with Crippen molar-refractivity contribution < 1.29 is 0 Å². The van der Waals surface area contributed by atoms with Crippen LogP contribution in [0, 0.1) is 0 Å². The van der Waals surface area contributed by atoms with Crippen LogP contribution in [0.4, 0.5) is 17.1 Å². The van der Waals surface area contributed by atoms with Gasteiger partial charge in [0, 0.05) is 16.6 Å². The number of anilines is 3. The van der Waals surface area contributed by atoms with Crippen molar-refractivity contribution in [1.29, 1.82) is 0 Å². The van der Waals surface area contributed by atoms with Crippen LogP contribution in [0.15, 0.2) is 176 Å². The predicted molar refractivity (Wildman–Crippen MR) is 192 cm³/mol. The molecule has 0 saturated heterocycles. The predicted octanol–water partition coefficient (Wildman–Crippen LogP) is 11.8. The van der Waals surface area contributed by atoms with E-state index in [1.807, 2.05) is 0 Å². The Kier molecular flexibility index (Phi) is 5.27. The average Bonchev–Trinajstić information content (AvgIpc) is 3.60. The molecule has 0 atom stereocenters. The summed E-state index contributed by atoms with van der Waals surface area (Å²) in [7, 11) is 0. The molecule has 8 aromatic carbocycles. The standard InChI is InChI=1S/C45H29N/c1-2-15-32-29-33(28-27-30(32)13-1)46(42-25-11-16-31-14-3-4-17-34(31)42)43-26-12-21-38-37-20-7-10-24-41(37)45(44(38)43)39-22-8-5-18-35(39)36-19-6-9-23-40(36)45/h1-29H. The highest BCUT2D eigenvalue weighted by Gasteiger charge is 2.53. The van der Waals surface area contributed by atoms with Gasteiger partial charge in [0.05, 0.1) is 16.8 Å². The van der Waals surface area contributed by atoms with Gasteiger partial charge in [0.2, 0.25) is 0 Å². The number of nitrogens with zero attached hydrogens (tertiary/aromatic N) is 1. The molecule has 1 nitrogen and oxygen atoms in total. The van der Waals surface area contributed by atoms with E-state index in [0.29, 0.717) is 0 Å². The molecule has 0 aliphatic heterocycles. The molecule has 2 aliphatic rings. The normalized spacial score (nSPS) is 13.4. The lowest BCUT2D eigenvalue weighted by Crippen LogP contribution is -2.28. The average molecular weight is 584 g/mol. The molecule has 0 fully saturated rings. The van der Waals surface area contributed by atoms with Gasteiger partial charge in [0.25, 0.3) is 0 Å². The van der Waals surface area contributed by atoms with Gasteiger partial charge in [-0.25, -0.2) is 0 Å². The van der Waals surface area contributed by atoms with Crippen LogP contribution in [0.25, 0.3) is 43.8 Å². The molecule has 1 spiro atoms. The summed E-state index contributed by atoms with van der Waals surface area (Å²) < 4.78 is 0. The van der Waals surface area contributed by atoms with E-state index >= 15 is 0 Å². The Hall–Kier alpha value is -5.92. The third kappa shape index (κ3) is 3.29. The van der Waals surface area contributed by atoms with Gasteiger partial charge in [-0.2, -0.15) is 0 Å². The first-order valence-corrected chi connectivity index (χ1v) is 16.0. The zero-order chi connectivity index (χ0) is 30.2. The van der Waals surface area contributed by atoms with Crippen LogP contribution in [0.1, 0.15) is 22.3 Å². The van der Waals surface area contributed by atoms with E-state index in [1.54, 1.807) is 0 Å². The maximum Gasteiger partial charge on any atom is 0.0746 e. The number of hydrogen-bond donors (Lipinski definition) is 0. The van der Waals surface area contributed by atoms with E-state index in [1.165, 1.54) is 77.4 Å². The lowest BCUT2D eigenvalue weighted by Gasteiger charge is -2.36. The maximum absolute atomic E-state index is 2.52. The Morgan fingerprint density at radius 2 is 0.848 bits per heavy atom. The minimum absolute atomic E-state index is 0.449. The van der Waals surface area contributed by atoms with Crippen molar-refractivity contribution in [2.24, 2.45) is 0 Å². The molecule has 0 saturated carbocycles. The summed E-state index contributed by atoms with van der Waals surface area (Å²) in [5.41, 5.74) is 13.7. The third-order valence-electron chi connectivity index (χ3n) is 10.2. The molecular formula is C45H29N. The van der Waals surface area contributed by atoms with Gasteiger partial charge in [-0.05, 0) is 79.4 Å². The van der Waals surface area contributed by atoms with E-state index in [9.17, 15) is 0 Å². The summed E-state index contributed by atoms with van der Waals surface area (Å²) in [6, 6.07) is 65.1. The smallest absolute Gasteiger partial charge is 0.0746 e. The molecule has 0 N–H and O–H groups in total. The van der Waals surface area contributed by atoms with Gasteiger partial charge in [0.15, 0.2) is 0 Å². The van der Waals surface area contributed by atoms with Gasteiger partial charge in [-0.15, -0.1) is 0 Å². The molecular weight excluding hydrogens is 555 g/mol. The lowest BCUT2D eigenvalue weighted by molar-refractivity contribution is 0.793. The summed E-state index contributed by atoms with van der Waals surface area (Å²) >= 11 is 0. The highest BCUT2D eigenvalue weighted by molar-refractivity contribution is 6.04. The van der Waals surface area contributed by atoms with Crippen LogP contribution in [0.5, 0.6) is 0 Å². The molecule has 2 aliphatic carbocycles. The van der Waals surface area contributed by atoms with E-state index in [-0.39, 0.29) is 0 Å². The quantitative estimate of drug-likeness (QED) is 0.200. The fourth-order valence-corrected chi connectivity index (χ4v) is 8.45. The van der Waals surface area contributed by atoms with Crippen molar-refractivity contribution in [3.63, 3.8) is 0 Å². The highest BCUT2D eigenvalue weighted by Crippen LogP contribution is 2.65. The molecule has 0 amide bonds. The number of fused-ring (bicyclic) bond motifs is 12. The minimum Gasteiger partial charge on any atom is -0.309 e. The Labute approximate surface area is 268 Å². The Balaban J connectivity index is 1.37. The SMILES string of the molecule is c1ccc2c(c1)-c1ccccc1C21c2ccccc2-c2cccc(N(c3ccc4ccccc4c3)c3cccc4ccccc34)c21. The molecule has 0 unspecified atom stereocenters. The Bertz CT molecular complexity index is 2430. The molecule has 0 bridgehead atoms. The van der Waals surface area contributed by atoms with Crippen molar-refractivity contribution >= 4 is 38.6 Å². The molecule has 46 heavy (non-hydrogen) atoms. The summed E-state index contributed by atoms with van der Waals surface area (Å²) in [5, 5.41) is 4.93. The lowest BCUT2D eigenvalue weighted by atomic mass is 9.70. The fraction of sp³-hybridized carbons (Fsp3) is 0.0222. The second-order valence-electron chi connectivity index (χ2n) is 12.5. The van der Waals surface area contributed by atoms with Crippen LogP contribution in [0.2, 0.25) is 0 Å². The van der Waals surface area contributed by atoms with Crippen LogP contribution >= 0.6 is 0 Å². The highest BCUT2D eigenvalue weighted by atomic mass is 15.1. The molecule has 8 aromatic rings. The molecule has 214 valence electrons. The summed E-state index contributed by atoms with van der Waals surface area (Å²) in [4.78, 5) is 2.52. The van der Waals surface area contributed by atoms with Gasteiger partial charge in [0.1, 0.15) is 0 Å². The van der Waals surface area contributed by atoms with Gasteiger partial charge in [-0.1, -0.05) is 152 Å². The van der Waals surface area contributed by atoms with Crippen molar-refractivity contribution in [3.8, 4) is 22.3 Å². The van der Waals surface area contributed by atoms with E-state index in [0.717, 1.165) is 5.69 Å². The van der Waals surface area contributed by atoms with Crippen molar-refractivity contribution in [1.82, 2.24) is 0 Å². The van der Waals surface area contributed by atoms with Crippen LogP contribution in [-0.4, -0.2) is 0 Å². The topological polar surface area (TPSA) is 3.24 Å². The first-order valence-electron chi connectivity index (χ1n) is 16.0. The first-order chi connectivity index (χ1) is 22.8. The zero-order valence-electron chi connectivity index (χ0n) is 25.2. The van der Waals surface area contributed by atoms with Crippen LogP contribution in [-0.2, 0) is 5.41 Å². The minimum atomic E-state index is -0.449. The van der Waals surface area contributed by atoms with Gasteiger partial charge in [-0.3, -0.25) is 0 Å². The van der Waals surface area contributed by atoms with Crippen molar-refractivity contribution in [2.45, 2.75) is 5.41 Å². The molecule has 0 radical (unpaired) electrons. The number of rotatable bonds is 3. The summed E-state index contributed by atoms with van der Waals surface area (Å²) in [5.74, 6) is 0.